The molecule has 0 saturated carbocycles. The Morgan fingerprint density at radius 2 is 2.31 bits per heavy atom. The van der Waals surface area contributed by atoms with E-state index >= 15 is 0 Å². The second kappa shape index (κ2) is 3.49. The zero-order chi connectivity index (χ0) is 11.1. The van der Waals surface area contributed by atoms with E-state index in [1.54, 1.807) is 6.07 Å². The van der Waals surface area contributed by atoms with Crippen LogP contribution in [0, 0.1) is 5.82 Å². The van der Waals surface area contributed by atoms with Crippen molar-refractivity contribution in [3.8, 4) is 11.3 Å². The summed E-state index contributed by atoms with van der Waals surface area (Å²) < 4.78 is 18.1. The lowest BCUT2D eigenvalue weighted by molar-refractivity contribution is 0.436. The SMILES string of the molecule is Fc1ccc(-c2noc3c2CCN3)c(Cl)c1. The summed E-state index contributed by atoms with van der Waals surface area (Å²) in [6.45, 7) is 0.836. The molecule has 3 rings (SSSR count). The topological polar surface area (TPSA) is 38.1 Å². The molecule has 0 atom stereocenters. The predicted molar refractivity (Wildman–Crippen MR) is 59.1 cm³/mol. The first-order chi connectivity index (χ1) is 7.75. The molecular formula is C11H8ClFN2O. The van der Waals surface area contributed by atoms with Gasteiger partial charge in [0.05, 0.1) is 5.02 Å². The van der Waals surface area contributed by atoms with E-state index in [9.17, 15) is 4.39 Å². The van der Waals surface area contributed by atoms with Crippen LogP contribution in [0.25, 0.3) is 11.3 Å². The van der Waals surface area contributed by atoms with Crippen LogP contribution in [0.3, 0.4) is 0 Å². The van der Waals surface area contributed by atoms with Crippen molar-refractivity contribution in [1.29, 1.82) is 0 Å². The number of rotatable bonds is 1. The van der Waals surface area contributed by atoms with Gasteiger partial charge in [-0.3, -0.25) is 0 Å². The van der Waals surface area contributed by atoms with Crippen molar-refractivity contribution in [2.24, 2.45) is 0 Å². The third kappa shape index (κ3) is 1.38. The highest BCUT2D eigenvalue weighted by Crippen LogP contribution is 2.35. The van der Waals surface area contributed by atoms with E-state index in [1.165, 1.54) is 12.1 Å². The molecule has 3 nitrogen and oxygen atoms in total. The molecule has 5 heteroatoms. The minimum absolute atomic E-state index is 0.350. The summed E-state index contributed by atoms with van der Waals surface area (Å²) >= 11 is 5.98. The van der Waals surface area contributed by atoms with Crippen molar-refractivity contribution in [2.45, 2.75) is 6.42 Å². The van der Waals surface area contributed by atoms with E-state index < -0.39 is 0 Å². The average molecular weight is 239 g/mol. The lowest BCUT2D eigenvalue weighted by Crippen LogP contribution is -1.93. The Morgan fingerprint density at radius 3 is 3.12 bits per heavy atom. The summed E-state index contributed by atoms with van der Waals surface area (Å²) in [5, 5.41) is 7.38. The minimum Gasteiger partial charge on any atom is -0.353 e. The Hall–Kier alpha value is -1.55. The molecule has 0 bridgehead atoms. The van der Waals surface area contributed by atoms with Gasteiger partial charge < -0.3 is 9.84 Å². The quantitative estimate of drug-likeness (QED) is 0.830. The van der Waals surface area contributed by atoms with Gasteiger partial charge in [-0.05, 0) is 24.6 Å². The maximum Gasteiger partial charge on any atom is 0.228 e. The van der Waals surface area contributed by atoms with E-state index in [2.05, 4.69) is 10.5 Å². The van der Waals surface area contributed by atoms with Gasteiger partial charge in [-0.1, -0.05) is 16.8 Å². The smallest absolute Gasteiger partial charge is 0.228 e. The number of aromatic nitrogens is 1. The molecule has 16 heavy (non-hydrogen) atoms. The third-order valence-electron chi connectivity index (χ3n) is 2.63. The molecule has 1 aromatic carbocycles. The van der Waals surface area contributed by atoms with Crippen LogP contribution in [-0.4, -0.2) is 11.7 Å². The summed E-state index contributed by atoms with van der Waals surface area (Å²) in [5.41, 5.74) is 2.41. The van der Waals surface area contributed by atoms with Crippen molar-refractivity contribution < 1.29 is 8.91 Å². The van der Waals surface area contributed by atoms with Crippen molar-refractivity contribution in [3.05, 3.63) is 34.6 Å². The van der Waals surface area contributed by atoms with Crippen LogP contribution in [0.2, 0.25) is 5.02 Å². The number of halogens is 2. The van der Waals surface area contributed by atoms with Crippen molar-refractivity contribution in [2.75, 3.05) is 11.9 Å². The molecule has 2 aromatic rings. The molecule has 1 N–H and O–H groups in total. The van der Waals surface area contributed by atoms with Crippen LogP contribution in [0.5, 0.6) is 0 Å². The first kappa shape index (κ1) is 9.66. The third-order valence-corrected chi connectivity index (χ3v) is 2.95. The minimum atomic E-state index is -0.355. The fourth-order valence-electron chi connectivity index (χ4n) is 1.87. The fraction of sp³-hybridized carbons (Fsp3) is 0.182. The molecule has 0 fully saturated rings. The Labute approximate surface area is 96.2 Å². The number of benzene rings is 1. The van der Waals surface area contributed by atoms with Crippen LogP contribution in [0.1, 0.15) is 5.56 Å². The number of hydrogen-bond donors (Lipinski definition) is 1. The van der Waals surface area contributed by atoms with Gasteiger partial charge in [-0.25, -0.2) is 4.39 Å². The van der Waals surface area contributed by atoms with E-state index in [-0.39, 0.29) is 5.82 Å². The van der Waals surface area contributed by atoms with Gasteiger partial charge in [-0.15, -0.1) is 0 Å². The van der Waals surface area contributed by atoms with Gasteiger partial charge in [0.1, 0.15) is 11.5 Å². The zero-order valence-corrected chi connectivity index (χ0v) is 9.01. The molecule has 0 aliphatic carbocycles. The Morgan fingerprint density at radius 1 is 1.44 bits per heavy atom. The Balaban J connectivity index is 2.15. The molecule has 1 aliphatic rings. The molecule has 0 amide bonds. The Kier molecular flexibility index (Phi) is 2.11. The molecule has 0 unspecified atom stereocenters. The van der Waals surface area contributed by atoms with Crippen molar-refractivity contribution >= 4 is 17.5 Å². The number of nitrogens with zero attached hydrogens (tertiary/aromatic N) is 1. The van der Waals surface area contributed by atoms with E-state index in [0.717, 1.165) is 18.5 Å². The summed E-state index contributed by atoms with van der Waals surface area (Å²) in [5.74, 6) is 0.336. The molecule has 0 radical (unpaired) electrons. The maximum atomic E-state index is 12.9. The molecule has 0 spiro atoms. The monoisotopic (exact) mass is 238 g/mol. The highest BCUT2D eigenvalue weighted by Gasteiger charge is 2.23. The molecule has 82 valence electrons. The fourth-order valence-corrected chi connectivity index (χ4v) is 2.13. The highest BCUT2D eigenvalue weighted by atomic mass is 35.5. The molecule has 1 aliphatic heterocycles. The summed E-state index contributed by atoms with van der Waals surface area (Å²) in [4.78, 5) is 0. The van der Waals surface area contributed by atoms with Crippen molar-refractivity contribution in [3.63, 3.8) is 0 Å². The number of fused-ring (bicyclic) bond motifs is 1. The summed E-state index contributed by atoms with van der Waals surface area (Å²) in [7, 11) is 0. The largest absolute Gasteiger partial charge is 0.353 e. The predicted octanol–water partition coefficient (Wildman–Crippen LogP) is 3.10. The molecule has 1 aromatic heterocycles. The molecule has 0 saturated heterocycles. The van der Waals surface area contributed by atoms with Crippen molar-refractivity contribution in [1.82, 2.24) is 5.16 Å². The zero-order valence-electron chi connectivity index (χ0n) is 8.26. The molecule has 2 heterocycles. The van der Waals surface area contributed by atoms with Crippen LogP contribution < -0.4 is 5.32 Å². The molecular weight excluding hydrogens is 231 g/mol. The average Bonchev–Trinajstić information content (AvgIpc) is 2.80. The Bertz CT molecular complexity index is 553. The summed E-state index contributed by atoms with van der Waals surface area (Å²) in [6, 6.07) is 4.26. The maximum absolute atomic E-state index is 12.9. The highest BCUT2D eigenvalue weighted by molar-refractivity contribution is 6.33. The van der Waals surface area contributed by atoms with Gasteiger partial charge in [0.15, 0.2) is 0 Å². The lowest BCUT2D eigenvalue weighted by Gasteiger charge is -2.01. The van der Waals surface area contributed by atoms with Gasteiger partial charge in [-0.2, -0.15) is 0 Å². The number of nitrogens with one attached hydrogen (secondary N) is 1. The summed E-state index contributed by atoms with van der Waals surface area (Å²) in [6.07, 6.45) is 0.849. The van der Waals surface area contributed by atoms with E-state index in [1.807, 2.05) is 0 Å². The standard InChI is InChI=1S/C11H8ClFN2O/c12-9-5-6(13)1-2-7(9)10-8-3-4-14-11(8)16-15-10/h1-2,5,14H,3-4H2. The van der Waals surface area contributed by atoms with Gasteiger partial charge in [0, 0.05) is 17.7 Å². The van der Waals surface area contributed by atoms with Gasteiger partial charge in [0.2, 0.25) is 5.88 Å². The first-order valence-corrected chi connectivity index (χ1v) is 5.31. The van der Waals surface area contributed by atoms with E-state index in [4.69, 9.17) is 16.1 Å². The normalized spacial score (nSPS) is 13.6. The van der Waals surface area contributed by atoms with Crippen LogP contribution in [0.4, 0.5) is 10.3 Å². The second-order valence-corrected chi connectivity index (χ2v) is 4.05. The van der Waals surface area contributed by atoms with Crippen LogP contribution in [-0.2, 0) is 6.42 Å². The van der Waals surface area contributed by atoms with Gasteiger partial charge in [0.25, 0.3) is 0 Å². The second-order valence-electron chi connectivity index (χ2n) is 3.64. The number of hydrogen-bond acceptors (Lipinski definition) is 3. The van der Waals surface area contributed by atoms with Crippen LogP contribution >= 0.6 is 11.6 Å². The van der Waals surface area contributed by atoms with Crippen LogP contribution in [0.15, 0.2) is 22.7 Å². The van der Waals surface area contributed by atoms with Gasteiger partial charge >= 0.3 is 0 Å². The van der Waals surface area contributed by atoms with E-state index in [0.29, 0.717) is 22.2 Å². The first-order valence-electron chi connectivity index (χ1n) is 4.93. The number of anilines is 1. The lowest BCUT2D eigenvalue weighted by atomic mass is 10.1.